The first-order valence-electron chi connectivity index (χ1n) is 6.46. The van der Waals surface area contributed by atoms with E-state index >= 15 is 0 Å². The second-order valence-electron chi connectivity index (χ2n) is 4.15. The van der Waals surface area contributed by atoms with Crippen LogP contribution in [0.15, 0.2) is 18.3 Å². The molecule has 1 aromatic rings. The number of unbranched alkanes of at least 4 members (excludes halogenated alkanes) is 2. The highest BCUT2D eigenvalue weighted by Gasteiger charge is 2.01. The molecule has 0 fully saturated rings. The van der Waals surface area contributed by atoms with E-state index in [0.717, 1.165) is 18.8 Å². The average molecular weight is 250 g/mol. The molecule has 1 rings (SSSR count). The molecule has 5 heteroatoms. The Bertz CT molecular complexity index is 351. The van der Waals surface area contributed by atoms with Gasteiger partial charge in [0.1, 0.15) is 5.82 Å². The fourth-order valence-corrected chi connectivity index (χ4v) is 1.52. The maximum atomic E-state index is 11.3. The number of nitrogens with one attached hydrogen (secondary N) is 2. The predicted octanol–water partition coefficient (Wildman–Crippen LogP) is 1.97. The first-order chi connectivity index (χ1) is 8.76. The summed E-state index contributed by atoms with van der Waals surface area (Å²) in [5.74, 6) is 0.755. The second kappa shape index (κ2) is 8.47. The van der Waals surface area contributed by atoms with E-state index in [1.807, 2.05) is 12.1 Å². The van der Waals surface area contributed by atoms with Crippen LogP contribution in [0.2, 0.25) is 0 Å². The maximum absolute atomic E-state index is 11.3. The monoisotopic (exact) mass is 250 g/mol. The lowest BCUT2D eigenvalue weighted by Gasteiger charge is -2.07. The maximum Gasteiger partial charge on any atom is 0.225 e. The molecular formula is C13H22N4O. The summed E-state index contributed by atoms with van der Waals surface area (Å²) in [5, 5.41) is 5.98. The van der Waals surface area contributed by atoms with Crippen molar-refractivity contribution in [3.8, 4) is 0 Å². The zero-order valence-corrected chi connectivity index (χ0v) is 10.9. The summed E-state index contributed by atoms with van der Waals surface area (Å²) in [6, 6.07) is 3.70. The van der Waals surface area contributed by atoms with Gasteiger partial charge in [0.25, 0.3) is 0 Å². The number of rotatable bonds is 8. The van der Waals surface area contributed by atoms with Gasteiger partial charge in [0.05, 0.1) is 11.9 Å². The first kappa shape index (κ1) is 14.4. The number of carbonyl (C=O) groups excluding carboxylic acids is 1. The molecule has 4 N–H and O–H groups in total. The predicted molar refractivity (Wildman–Crippen MR) is 74.6 cm³/mol. The van der Waals surface area contributed by atoms with E-state index < -0.39 is 0 Å². The van der Waals surface area contributed by atoms with E-state index in [0.29, 0.717) is 18.7 Å². The van der Waals surface area contributed by atoms with Gasteiger partial charge in [-0.2, -0.15) is 0 Å². The van der Waals surface area contributed by atoms with Gasteiger partial charge in [-0.1, -0.05) is 19.8 Å². The smallest absolute Gasteiger partial charge is 0.225 e. The minimum atomic E-state index is -0.0806. The summed E-state index contributed by atoms with van der Waals surface area (Å²) in [7, 11) is 0. The summed E-state index contributed by atoms with van der Waals surface area (Å²) in [6.45, 7) is 3.47. The Morgan fingerprint density at radius 2 is 2.22 bits per heavy atom. The number of pyridine rings is 1. The van der Waals surface area contributed by atoms with E-state index in [1.165, 1.54) is 12.8 Å². The van der Waals surface area contributed by atoms with Crippen molar-refractivity contribution in [2.45, 2.75) is 32.6 Å². The fourth-order valence-electron chi connectivity index (χ4n) is 1.52. The summed E-state index contributed by atoms with van der Waals surface area (Å²) in [6.07, 6.45) is 5.56. The number of nitrogens with two attached hydrogens (primary N) is 1. The Morgan fingerprint density at radius 1 is 1.39 bits per heavy atom. The van der Waals surface area contributed by atoms with E-state index in [4.69, 9.17) is 5.73 Å². The van der Waals surface area contributed by atoms with Crippen molar-refractivity contribution in [1.29, 1.82) is 0 Å². The molecule has 1 amide bonds. The number of hydrogen-bond acceptors (Lipinski definition) is 4. The molecular weight excluding hydrogens is 228 g/mol. The molecule has 0 spiro atoms. The van der Waals surface area contributed by atoms with Crippen LogP contribution < -0.4 is 16.4 Å². The molecule has 0 aliphatic heterocycles. The van der Waals surface area contributed by atoms with Gasteiger partial charge in [-0.05, 0) is 18.6 Å². The summed E-state index contributed by atoms with van der Waals surface area (Å²) >= 11 is 0. The Balaban J connectivity index is 2.35. The zero-order chi connectivity index (χ0) is 13.2. The number of anilines is 2. The molecule has 0 atom stereocenters. The number of carbonyl (C=O) groups is 1. The standard InChI is InChI=1S/C13H22N4O/c1-2-3-4-9-15-12-6-5-11(10-16-12)17-13(18)7-8-14/h5-6,10H,2-4,7-9,14H2,1H3,(H,15,16)(H,17,18). The van der Waals surface area contributed by atoms with E-state index in [2.05, 4.69) is 22.5 Å². The van der Waals surface area contributed by atoms with E-state index in [9.17, 15) is 4.79 Å². The van der Waals surface area contributed by atoms with Crippen LogP contribution in [0.3, 0.4) is 0 Å². The van der Waals surface area contributed by atoms with Crippen LogP contribution in [0.1, 0.15) is 32.6 Å². The zero-order valence-electron chi connectivity index (χ0n) is 10.9. The molecule has 0 aliphatic carbocycles. The van der Waals surface area contributed by atoms with Crippen LogP contribution in [-0.4, -0.2) is 24.0 Å². The third kappa shape index (κ3) is 5.63. The molecule has 0 bridgehead atoms. The molecule has 0 aliphatic rings. The fraction of sp³-hybridized carbons (Fsp3) is 0.538. The summed E-state index contributed by atoms with van der Waals surface area (Å²) in [4.78, 5) is 15.5. The Morgan fingerprint density at radius 3 is 2.83 bits per heavy atom. The molecule has 100 valence electrons. The molecule has 1 heterocycles. The van der Waals surface area contributed by atoms with E-state index in [-0.39, 0.29) is 5.91 Å². The number of amides is 1. The van der Waals surface area contributed by atoms with Gasteiger partial charge in [-0.3, -0.25) is 4.79 Å². The Kier molecular flexibility index (Phi) is 6.79. The molecule has 0 radical (unpaired) electrons. The van der Waals surface area contributed by atoms with Gasteiger partial charge < -0.3 is 16.4 Å². The van der Waals surface area contributed by atoms with Crippen LogP contribution >= 0.6 is 0 Å². The highest BCUT2D eigenvalue weighted by Crippen LogP contribution is 2.10. The van der Waals surface area contributed by atoms with Crippen molar-refractivity contribution in [3.63, 3.8) is 0 Å². The van der Waals surface area contributed by atoms with E-state index in [1.54, 1.807) is 6.20 Å². The van der Waals surface area contributed by atoms with Gasteiger partial charge in [0, 0.05) is 19.5 Å². The Labute approximate surface area is 108 Å². The van der Waals surface area contributed by atoms with Crippen molar-refractivity contribution in [3.05, 3.63) is 18.3 Å². The van der Waals surface area contributed by atoms with Crippen LogP contribution in [0.4, 0.5) is 11.5 Å². The lowest BCUT2D eigenvalue weighted by Crippen LogP contribution is -2.16. The van der Waals surface area contributed by atoms with Crippen LogP contribution in [0.5, 0.6) is 0 Å². The first-order valence-corrected chi connectivity index (χ1v) is 6.46. The van der Waals surface area contributed by atoms with Crippen LogP contribution in [0.25, 0.3) is 0 Å². The van der Waals surface area contributed by atoms with Gasteiger partial charge in [-0.25, -0.2) is 4.98 Å². The minimum absolute atomic E-state index is 0.0806. The lowest BCUT2D eigenvalue weighted by atomic mass is 10.2. The molecule has 0 saturated heterocycles. The molecule has 0 aromatic carbocycles. The highest BCUT2D eigenvalue weighted by molar-refractivity contribution is 5.90. The molecule has 0 unspecified atom stereocenters. The van der Waals surface area contributed by atoms with Crippen LogP contribution in [-0.2, 0) is 4.79 Å². The number of nitrogens with zero attached hydrogens (tertiary/aromatic N) is 1. The lowest BCUT2D eigenvalue weighted by molar-refractivity contribution is -0.116. The molecule has 18 heavy (non-hydrogen) atoms. The summed E-state index contributed by atoms with van der Waals surface area (Å²) < 4.78 is 0. The molecule has 5 nitrogen and oxygen atoms in total. The molecule has 1 aromatic heterocycles. The third-order valence-electron chi connectivity index (χ3n) is 2.51. The highest BCUT2D eigenvalue weighted by atomic mass is 16.1. The topological polar surface area (TPSA) is 80.0 Å². The van der Waals surface area contributed by atoms with Crippen molar-refractivity contribution in [1.82, 2.24) is 4.98 Å². The number of hydrogen-bond donors (Lipinski definition) is 3. The van der Waals surface area contributed by atoms with Gasteiger partial charge in [-0.15, -0.1) is 0 Å². The van der Waals surface area contributed by atoms with Gasteiger partial charge >= 0.3 is 0 Å². The van der Waals surface area contributed by atoms with Gasteiger partial charge in [0.2, 0.25) is 5.91 Å². The second-order valence-corrected chi connectivity index (χ2v) is 4.15. The summed E-state index contributed by atoms with van der Waals surface area (Å²) in [5.41, 5.74) is 6.00. The largest absolute Gasteiger partial charge is 0.370 e. The van der Waals surface area contributed by atoms with Gasteiger partial charge in [0.15, 0.2) is 0 Å². The third-order valence-corrected chi connectivity index (χ3v) is 2.51. The van der Waals surface area contributed by atoms with Crippen molar-refractivity contribution in [2.24, 2.45) is 5.73 Å². The molecule has 0 saturated carbocycles. The van der Waals surface area contributed by atoms with Crippen LogP contribution in [0, 0.1) is 0 Å². The van der Waals surface area contributed by atoms with Crippen molar-refractivity contribution < 1.29 is 4.79 Å². The number of aromatic nitrogens is 1. The van der Waals surface area contributed by atoms with Crippen molar-refractivity contribution >= 4 is 17.4 Å². The normalized spacial score (nSPS) is 10.1. The minimum Gasteiger partial charge on any atom is -0.370 e. The Hall–Kier alpha value is -1.62. The van der Waals surface area contributed by atoms with Crippen molar-refractivity contribution in [2.75, 3.05) is 23.7 Å². The quantitative estimate of drug-likeness (QED) is 0.616. The SMILES string of the molecule is CCCCCNc1ccc(NC(=O)CCN)cn1. The average Bonchev–Trinajstić information content (AvgIpc) is 2.37.